The molecule has 28 heavy (non-hydrogen) atoms. The SMILES string of the molecule is CCCN1C(=O)[C@@](O)(CC(=O)c2ccc(OC)c(OC)c2)c2cc(Br)ccc21. The number of ether oxygens (including phenoxy) is 2. The molecule has 0 saturated carbocycles. The number of nitrogens with zero attached hydrogens (tertiary/aromatic N) is 1. The van der Waals surface area contributed by atoms with Crippen LogP contribution in [0.25, 0.3) is 0 Å². The van der Waals surface area contributed by atoms with Gasteiger partial charge < -0.3 is 19.5 Å². The van der Waals surface area contributed by atoms with Crippen molar-refractivity contribution in [3.05, 3.63) is 52.0 Å². The summed E-state index contributed by atoms with van der Waals surface area (Å²) in [5, 5.41) is 11.3. The van der Waals surface area contributed by atoms with E-state index in [-0.39, 0.29) is 12.2 Å². The maximum absolute atomic E-state index is 13.0. The van der Waals surface area contributed by atoms with Gasteiger partial charge in [0, 0.05) is 22.1 Å². The number of halogens is 1. The molecule has 6 nitrogen and oxygen atoms in total. The lowest BCUT2D eigenvalue weighted by Gasteiger charge is -2.22. The van der Waals surface area contributed by atoms with Gasteiger partial charge in [-0.1, -0.05) is 22.9 Å². The van der Waals surface area contributed by atoms with Crippen molar-refractivity contribution in [3.63, 3.8) is 0 Å². The Morgan fingerprint density at radius 3 is 2.50 bits per heavy atom. The summed E-state index contributed by atoms with van der Waals surface area (Å²) in [6, 6.07) is 10.1. The van der Waals surface area contributed by atoms with Crippen molar-refractivity contribution in [2.75, 3.05) is 25.7 Å². The number of anilines is 1. The van der Waals surface area contributed by atoms with Crippen LogP contribution >= 0.6 is 15.9 Å². The third-order valence-electron chi connectivity index (χ3n) is 4.86. The first kappa shape index (κ1) is 20.4. The van der Waals surface area contributed by atoms with Crippen LogP contribution in [-0.2, 0) is 10.4 Å². The number of carbonyl (C=O) groups excluding carboxylic acids is 2. The van der Waals surface area contributed by atoms with E-state index in [0.29, 0.717) is 34.9 Å². The van der Waals surface area contributed by atoms with Gasteiger partial charge in [0.15, 0.2) is 22.9 Å². The van der Waals surface area contributed by atoms with E-state index in [9.17, 15) is 14.7 Å². The molecule has 1 aliphatic rings. The lowest BCUT2D eigenvalue weighted by Crippen LogP contribution is -2.42. The Hall–Kier alpha value is -2.38. The van der Waals surface area contributed by atoms with Gasteiger partial charge in [-0.3, -0.25) is 9.59 Å². The molecule has 2 aromatic rings. The molecular formula is C21H22BrNO5. The Morgan fingerprint density at radius 2 is 1.86 bits per heavy atom. The van der Waals surface area contributed by atoms with Gasteiger partial charge in [0.25, 0.3) is 5.91 Å². The van der Waals surface area contributed by atoms with Crippen molar-refractivity contribution >= 4 is 33.3 Å². The van der Waals surface area contributed by atoms with Crippen molar-refractivity contribution in [2.24, 2.45) is 0 Å². The quantitative estimate of drug-likeness (QED) is 0.655. The molecular weight excluding hydrogens is 426 g/mol. The highest BCUT2D eigenvalue weighted by Crippen LogP contribution is 2.44. The number of amides is 1. The highest BCUT2D eigenvalue weighted by molar-refractivity contribution is 9.10. The number of benzene rings is 2. The van der Waals surface area contributed by atoms with Crippen molar-refractivity contribution < 1.29 is 24.2 Å². The standard InChI is InChI=1S/C21H22BrNO5/c1-4-9-23-16-7-6-14(22)11-15(16)21(26,20(23)25)12-17(24)13-5-8-18(27-2)19(10-13)28-3/h5-8,10-11,26H,4,9,12H2,1-3H3/t21-/m1/s1. The van der Waals surface area contributed by atoms with Crippen LogP contribution in [0.15, 0.2) is 40.9 Å². The first-order valence-electron chi connectivity index (χ1n) is 8.95. The number of hydrogen-bond donors (Lipinski definition) is 1. The van der Waals surface area contributed by atoms with E-state index >= 15 is 0 Å². The third kappa shape index (κ3) is 3.40. The maximum Gasteiger partial charge on any atom is 0.264 e. The van der Waals surface area contributed by atoms with Crippen LogP contribution in [0.2, 0.25) is 0 Å². The average Bonchev–Trinajstić information content (AvgIpc) is 2.89. The Kier molecular flexibility index (Phi) is 5.76. The predicted octanol–water partition coefficient (Wildman–Crippen LogP) is 3.68. The summed E-state index contributed by atoms with van der Waals surface area (Å²) in [6.45, 7) is 2.43. The Balaban J connectivity index is 1.98. The monoisotopic (exact) mass is 447 g/mol. The van der Waals surface area contributed by atoms with Crippen molar-refractivity contribution in [3.8, 4) is 11.5 Å². The van der Waals surface area contributed by atoms with Crippen LogP contribution in [-0.4, -0.2) is 37.6 Å². The lowest BCUT2D eigenvalue weighted by molar-refractivity contribution is -0.135. The lowest BCUT2D eigenvalue weighted by atomic mass is 9.88. The largest absolute Gasteiger partial charge is 0.493 e. The van der Waals surface area contributed by atoms with Crippen LogP contribution in [0.1, 0.15) is 35.7 Å². The normalized spacial score (nSPS) is 18.2. The zero-order valence-electron chi connectivity index (χ0n) is 16.0. The van der Waals surface area contributed by atoms with E-state index in [0.717, 1.165) is 10.9 Å². The fourth-order valence-electron chi connectivity index (χ4n) is 3.48. The minimum Gasteiger partial charge on any atom is -0.493 e. The summed E-state index contributed by atoms with van der Waals surface area (Å²) in [5.41, 5.74) is -0.491. The molecule has 0 unspecified atom stereocenters. The average molecular weight is 448 g/mol. The highest BCUT2D eigenvalue weighted by atomic mass is 79.9. The molecule has 1 aliphatic heterocycles. The summed E-state index contributed by atoms with van der Waals surface area (Å²) in [7, 11) is 2.99. The van der Waals surface area contributed by atoms with E-state index < -0.39 is 11.5 Å². The molecule has 0 aliphatic carbocycles. The van der Waals surface area contributed by atoms with Crippen LogP contribution in [0, 0.1) is 0 Å². The first-order valence-corrected chi connectivity index (χ1v) is 9.74. The number of methoxy groups -OCH3 is 2. The maximum atomic E-state index is 13.0. The molecule has 2 aromatic carbocycles. The smallest absolute Gasteiger partial charge is 0.264 e. The number of Topliss-reactive ketones (excluding diaryl/α,β-unsaturated/α-hetero) is 1. The fourth-order valence-corrected chi connectivity index (χ4v) is 3.84. The zero-order valence-corrected chi connectivity index (χ0v) is 17.6. The third-order valence-corrected chi connectivity index (χ3v) is 5.36. The minimum absolute atomic E-state index is 0.337. The van der Waals surface area contributed by atoms with Crippen LogP contribution in [0.4, 0.5) is 5.69 Å². The molecule has 1 N–H and O–H groups in total. The summed E-state index contributed by atoms with van der Waals surface area (Å²) in [6.07, 6.45) is 0.381. The number of hydrogen-bond acceptors (Lipinski definition) is 5. The molecule has 0 saturated heterocycles. The number of ketones is 1. The minimum atomic E-state index is -1.90. The summed E-state index contributed by atoms with van der Waals surface area (Å²) >= 11 is 3.39. The first-order chi connectivity index (χ1) is 13.3. The second-order valence-electron chi connectivity index (χ2n) is 6.65. The second-order valence-corrected chi connectivity index (χ2v) is 7.56. The number of fused-ring (bicyclic) bond motifs is 1. The Bertz CT molecular complexity index is 929. The number of aliphatic hydroxyl groups is 1. The summed E-state index contributed by atoms with van der Waals surface area (Å²) in [5.74, 6) is 0.0734. The van der Waals surface area contributed by atoms with E-state index in [1.807, 2.05) is 13.0 Å². The summed E-state index contributed by atoms with van der Waals surface area (Å²) < 4.78 is 11.2. The summed E-state index contributed by atoms with van der Waals surface area (Å²) in [4.78, 5) is 27.5. The molecule has 0 radical (unpaired) electrons. The van der Waals surface area contributed by atoms with Gasteiger partial charge in [0.1, 0.15) is 0 Å². The molecule has 0 bridgehead atoms. The zero-order chi connectivity index (χ0) is 20.5. The molecule has 0 fully saturated rings. The van der Waals surface area contributed by atoms with Crippen LogP contribution < -0.4 is 14.4 Å². The van der Waals surface area contributed by atoms with Crippen molar-refractivity contribution in [2.45, 2.75) is 25.4 Å². The van der Waals surface area contributed by atoms with E-state index in [1.165, 1.54) is 14.2 Å². The Morgan fingerprint density at radius 1 is 1.14 bits per heavy atom. The van der Waals surface area contributed by atoms with E-state index in [1.54, 1.807) is 35.2 Å². The predicted molar refractivity (Wildman–Crippen MR) is 109 cm³/mol. The molecule has 148 valence electrons. The van der Waals surface area contributed by atoms with Gasteiger partial charge in [-0.05, 0) is 42.8 Å². The van der Waals surface area contributed by atoms with Gasteiger partial charge in [-0.15, -0.1) is 0 Å². The molecule has 1 amide bonds. The number of rotatable bonds is 7. The molecule has 3 rings (SSSR count). The fraction of sp³-hybridized carbons (Fsp3) is 0.333. The molecule has 0 aromatic heterocycles. The van der Waals surface area contributed by atoms with Gasteiger partial charge in [-0.2, -0.15) is 0 Å². The molecule has 1 atom stereocenters. The van der Waals surface area contributed by atoms with Gasteiger partial charge >= 0.3 is 0 Å². The highest BCUT2D eigenvalue weighted by Gasteiger charge is 2.50. The van der Waals surface area contributed by atoms with E-state index in [2.05, 4.69) is 15.9 Å². The van der Waals surface area contributed by atoms with E-state index in [4.69, 9.17) is 9.47 Å². The van der Waals surface area contributed by atoms with Gasteiger partial charge in [-0.25, -0.2) is 0 Å². The molecule has 7 heteroatoms. The number of carbonyl (C=O) groups is 2. The van der Waals surface area contributed by atoms with Crippen molar-refractivity contribution in [1.82, 2.24) is 0 Å². The van der Waals surface area contributed by atoms with Crippen LogP contribution in [0.3, 0.4) is 0 Å². The van der Waals surface area contributed by atoms with Gasteiger partial charge in [0.2, 0.25) is 0 Å². The molecule has 1 heterocycles. The second kappa shape index (κ2) is 7.93. The van der Waals surface area contributed by atoms with Crippen molar-refractivity contribution in [1.29, 1.82) is 0 Å². The van der Waals surface area contributed by atoms with Gasteiger partial charge in [0.05, 0.1) is 26.3 Å². The Labute approximate surface area is 172 Å². The molecule has 0 spiro atoms. The topological polar surface area (TPSA) is 76.1 Å². The van der Waals surface area contributed by atoms with Crippen LogP contribution in [0.5, 0.6) is 11.5 Å².